The largest absolute Gasteiger partial charge is 0.496 e. The number of rotatable bonds is 4. The summed E-state index contributed by atoms with van der Waals surface area (Å²) in [5, 5.41) is 0. The van der Waals surface area contributed by atoms with Crippen LogP contribution in [0.3, 0.4) is 0 Å². The van der Waals surface area contributed by atoms with Gasteiger partial charge in [0.1, 0.15) is 5.75 Å². The number of hydrogen-bond acceptors (Lipinski definition) is 3. The number of benzene rings is 1. The van der Waals surface area contributed by atoms with E-state index in [-0.39, 0.29) is 6.04 Å². The maximum Gasteiger partial charge on any atom is 0.124 e. The molecule has 0 aliphatic carbocycles. The molecule has 1 heterocycles. The molecule has 2 rings (SSSR count). The monoisotopic (exact) mass is 256 g/mol. The molecule has 0 amide bonds. The SMILES string of the molecule is COc1cc(C)cc(C)c1C(N)Cc1ccncc1. The third-order valence-corrected chi connectivity index (χ3v) is 3.29. The van der Waals surface area contributed by atoms with Gasteiger partial charge >= 0.3 is 0 Å². The first-order valence-electron chi connectivity index (χ1n) is 6.41. The lowest BCUT2D eigenvalue weighted by Crippen LogP contribution is -2.16. The molecule has 1 atom stereocenters. The highest BCUT2D eigenvalue weighted by molar-refractivity contribution is 5.45. The number of ether oxygens (including phenoxy) is 1. The van der Waals surface area contributed by atoms with Crippen molar-refractivity contribution in [1.82, 2.24) is 4.98 Å². The smallest absolute Gasteiger partial charge is 0.124 e. The fourth-order valence-electron chi connectivity index (χ4n) is 2.46. The number of aryl methyl sites for hydroxylation is 2. The van der Waals surface area contributed by atoms with Crippen LogP contribution in [-0.4, -0.2) is 12.1 Å². The van der Waals surface area contributed by atoms with Crippen LogP contribution in [0.4, 0.5) is 0 Å². The summed E-state index contributed by atoms with van der Waals surface area (Å²) in [7, 11) is 1.69. The summed E-state index contributed by atoms with van der Waals surface area (Å²) in [5.74, 6) is 0.874. The third kappa shape index (κ3) is 3.12. The Bertz CT molecular complexity index is 552. The van der Waals surface area contributed by atoms with Crippen LogP contribution in [0.2, 0.25) is 0 Å². The second-order valence-electron chi connectivity index (χ2n) is 4.86. The summed E-state index contributed by atoms with van der Waals surface area (Å²) < 4.78 is 5.47. The van der Waals surface area contributed by atoms with E-state index in [4.69, 9.17) is 10.5 Å². The van der Waals surface area contributed by atoms with Crippen molar-refractivity contribution in [2.75, 3.05) is 7.11 Å². The molecule has 0 saturated carbocycles. The van der Waals surface area contributed by atoms with E-state index >= 15 is 0 Å². The molecule has 2 aromatic rings. The second kappa shape index (κ2) is 5.85. The van der Waals surface area contributed by atoms with Crippen LogP contribution >= 0.6 is 0 Å². The van der Waals surface area contributed by atoms with E-state index in [2.05, 4.69) is 24.9 Å². The van der Waals surface area contributed by atoms with Gasteiger partial charge in [-0.15, -0.1) is 0 Å². The van der Waals surface area contributed by atoms with Crippen molar-refractivity contribution in [3.05, 3.63) is 58.9 Å². The average Bonchev–Trinajstić information content (AvgIpc) is 2.38. The minimum atomic E-state index is -0.0713. The minimum absolute atomic E-state index is 0.0713. The van der Waals surface area contributed by atoms with Crippen molar-refractivity contribution in [3.63, 3.8) is 0 Å². The zero-order chi connectivity index (χ0) is 13.8. The van der Waals surface area contributed by atoms with Crippen LogP contribution in [-0.2, 0) is 6.42 Å². The molecule has 0 aliphatic heterocycles. The van der Waals surface area contributed by atoms with E-state index in [1.807, 2.05) is 18.2 Å². The molecule has 1 unspecified atom stereocenters. The quantitative estimate of drug-likeness (QED) is 0.915. The fraction of sp³-hybridized carbons (Fsp3) is 0.312. The first kappa shape index (κ1) is 13.6. The number of aromatic nitrogens is 1. The Morgan fingerprint density at radius 2 is 1.89 bits per heavy atom. The van der Waals surface area contributed by atoms with E-state index < -0.39 is 0 Å². The van der Waals surface area contributed by atoms with E-state index in [1.165, 1.54) is 16.7 Å². The summed E-state index contributed by atoms with van der Waals surface area (Å²) in [6.07, 6.45) is 4.37. The van der Waals surface area contributed by atoms with Gasteiger partial charge in [-0.05, 0) is 55.2 Å². The van der Waals surface area contributed by atoms with Gasteiger partial charge in [-0.2, -0.15) is 0 Å². The summed E-state index contributed by atoms with van der Waals surface area (Å²) in [6, 6.07) is 8.10. The first-order chi connectivity index (χ1) is 9.11. The number of nitrogens with zero attached hydrogens (tertiary/aromatic N) is 1. The maximum atomic E-state index is 6.35. The summed E-state index contributed by atoms with van der Waals surface area (Å²) in [6.45, 7) is 4.14. The van der Waals surface area contributed by atoms with Gasteiger partial charge in [-0.25, -0.2) is 0 Å². The Hall–Kier alpha value is -1.87. The minimum Gasteiger partial charge on any atom is -0.496 e. The fourth-order valence-corrected chi connectivity index (χ4v) is 2.46. The van der Waals surface area contributed by atoms with Crippen molar-refractivity contribution in [3.8, 4) is 5.75 Å². The molecule has 3 nitrogen and oxygen atoms in total. The topological polar surface area (TPSA) is 48.1 Å². The Morgan fingerprint density at radius 1 is 1.21 bits per heavy atom. The standard InChI is InChI=1S/C16H20N2O/c1-11-8-12(2)16(15(9-11)19-3)14(17)10-13-4-6-18-7-5-13/h4-9,14H,10,17H2,1-3H3. The molecule has 0 spiro atoms. The van der Waals surface area contributed by atoms with Gasteiger partial charge in [0.15, 0.2) is 0 Å². The van der Waals surface area contributed by atoms with E-state index in [0.717, 1.165) is 17.7 Å². The average molecular weight is 256 g/mol. The summed E-state index contributed by atoms with van der Waals surface area (Å²) >= 11 is 0. The zero-order valence-electron chi connectivity index (χ0n) is 11.7. The molecule has 0 radical (unpaired) electrons. The van der Waals surface area contributed by atoms with Crippen molar-refractivity contribution in [2.45, 2.75) is 26.3 Å². The molecule has 0 fully saturated rings. The van der Waals surface area contributed by atoms with E-state index in [9.17, 15) is 0 Å². The van der Waals surface area contributed by atoms with Crippen molar-refractivity contribution in [1.29, 1.82) is 0 Å². The van der Waals surface area contributed by atoms with E-state index in [1.54, 1.807) is 19.5 Å². The van der Waals surface area contributed by atoms with E-state index in [0.29, 0.717) is 0 Å². The molecule has 100 valence electrons. The Kier molecular flexibility index (Phi) is 4.17. The second-order valence-corrected chi connectivity index (χ2v) is 4.86. The van der Waals surface area contributed by atoms with Gasteiger partial charge < -0.3 is 10.5 Å². The highest BCUT2D eigenvalue weighted by Gasteiger charge is 2.15. The molecule has 1 aromatic heterocycles. The molecule has 2 N–H and O–H groups in total. The molecule has 19 heavy (non-hydrogen) atoms. The molecule has 3 heteroatoms. The predicted molar refractivity (Wildman–Crippen MR) is 77.3 cm³/mol. The molecule has 0 saturated heterocycles. The highest BCUT2D eigenvalue weighted by Crippen LogP contribution is 2.30. The lowest BCUT2D eigenvalue weighted by atomic mass is 9.94. The van der Waals surface area contributed by atoms with Crippen LogP contribution in [0, 0.1) is 13.8 Å². The van der Waals surface area contributed by atoms with Crippen LogP contribution in [0.15, 0.2) is 36.7 Å². The summed E-state index contributed by atoms with van der Waals surface area (Å²) in [5.41, 5.74) is 11.0. The van der Waals surface area contributed by atoms with Gasteiger partial charge in [-0.3, -0.25) is 4.98 Å². The zero-order valence-corrected chi connectivity index (χ0v) is 11.7. The van der Waals surface area contributed by atoms with Gasteiger partial charge in [0, 0.05) is 24.0 Å². The molecule has 0 bridgehead atoms. The Labute approximate surface area is 114 Å². The van der Waals surface area contributed by atoms with Crippen molar-refractivity contribution >= 4 is 0 Å². The van der Waals surface area contributed by atoms with Crippen LogP contribution in [0.1, 0.15) is 28.3 Å². The van der Waals surface area contributed by atoms with Gasteiger partial charge in [0.2, 0.25) is 0 Å². The van der Waals surface area contributed by atoms with Crippen LogP contribution in [0.5, 0.6) is 5.75 Å². The third-order valence-electron chi connectivity index (χ3n) is 3.29. The summed E-state index contributed by atoms with van der Waals surface area (Å²) in [4.78, 5) is 4.02. The van der Waals surface area contributed by atoms with Gasteiger partial charge in [0.25, 0.3) is 0 Å². The normalized spacial score (nSPS) is 12.2. The Morgan fingerprint density at radius 3 is 2.53 bits per heavy atom. The van der Waals surface area contributed by atoms with Crippen molar-refractivity contribution in [2.24, 2.45) is 5.73 Å². The van der Waals surface area contributed by atoms with Crippen LogP contribution in [0.25, 0.3) is 0 Å². The molecular weight excluding hydrogens is 236 g/mol. The van der Waals surface area contributed by atoms with Crippen molar-refractivity contribution < 1.29 is 4.74 Å². The molecular formula is C16H20N2O. The molecule has 0 aliphatic rings. The highest BCUT2D eigenvalue weighted by atomic mass is 16.5. The lowest BCUT2D eigenvalue weighted by molar-refractivity contribution is 0.404. The van der Waals surface area contributed by atoms with Gasteiger partial charge in [-0.1, -0.05) is 6.07 Å². The number of methoxy groups -OCH3 is 1. The Balaban J connectivity index is 2.31. The predicted octanol–water partition coefficient (Wildman–Crippen LogP) is 2.95. The van der Waals surface area contributed by atoms with Crippen LogP contribution < -0.4 is 10.5 Å². The first-order valence-corrected chi connectivity index (χ1v) is 6.41. The lowest BCUT2D eigenvalue weighted by Gasteiger charge is -2.19. The van der Waals surface area contributed by atoms with Gasteiger partial charge in [0.05, 0.1) is 7.11 Å². The number of nitrogens with two attached hydrogens (primary N) is 1. The maximum absolute atomic E-state index is 6.35. The number of pyridine rings is 1. The molecule has 1 aromatic carbocycles. The number of hydrogen-bond donors (Lipinski definition) is 1.